The van der Waals surface area contributed by atoms with Gasteiger partial charge in [-0.25, -0.2) is 4.98 Å². The third-order valence-electron chi connectivity index (χ3n) is 3.45. The van der Waals surface area contributed by atoms with Gasteiger partial charge in [-0.2, -0.15) is 4.98 Å². The highest BCUT2D eigenvalue weighted by Crippen LogP contribution is 2.18. The number of nitrogens with zero attached hydrogens (tertiary/aromatic N) is 3. The third-order valence-corrected chi connectivity index (χ3v) is 3.45. The predicted molar refractivity (Wildman–Crippen MR) is 78.2 cm³/mol. The van der Waals surface area contributed by atoms with Gasteiger partial charge in [0.2, 0.25) is 11.8 Å². The summed E-state index contributed by atoms with van der Waals surface area (Å²) in [5, 5.41) is 0. The number of rotatable bonds is 5. The number of aryl methyl sites for hydroxylation is 2. The maximum absolute atomic E-state index is 11.9. The number of aromatic nitrogens is 2. The van der Waals surface area contributed by atoms with Crippen LogP contribution in [0.2, 0.25) is 0 Å². The van der Waals surface area contributed by atoms with Crippen molar-refractivity contribution in [1.82, 2.24) is 14.9 Å². The van der Waals surface area contributed by atoms with E-state index in [0.29, 0.717) is 31.4 Å². The van der Waals surface area contributed by atoms with E-state index in [9.17, 15) is 4.79 Å². The highest BCUT2D eigenvalue weighted by atomic mass is 16.5. The van der Waals surface area contributed by atoms with E-state index in [-0.39, 0.29) is 18.6 Å². The van der Waals surface area contributed by atoms with Gasteiger partial charge in [0.1, 0.15) is 18.5 Å². The quantitative estimate of drug-likeness (QED) is 0.823. The molecular formula is C15H23N3O3. The predicted octanol–water partition coefficient (Wildman–Crippen LogP) is 1.50. The Morgan fingerprint density at radius 2 is 2.05 bits per heavy atom. The van der Waals surface area contributed by atoms with E-state index in [1.807, 2.05) is 31.7 Å². The molecule has 0 spiro atoms. The zero-order valence-electron chi connectivity index (χ0n) is 13.0. The van der Waals surface area contributed by atoms with E-state index in [1.54, 1.807) is 0 Å². The summed E-state index contributed by atoms with van der Waals surface area (Å²) >= 11 is 0. The van der Waals surface area contributed by atoms with Crippen LogP contribution in [0.5, 0.6) is 5.88 Å². The lowest BCUT2D eigenvalue weighted by Crippen LogP contribution is -2.43. The van der Waals surface area contributed by atoms with Crippen molar-refractivity contribution in [3.05, 3.63) is 17.6 Å². The zero-order valence-corrected chi connectivity index (χ0v) is 13.0. The molecule has 1 saturated heterocycles. The van der Waals surface area contributed by atoms with E-state index in [2.05, 4.69) is 9.97 Å². The minimum Gasteiger partial charge on any atom is -0.474 e. The molecular weight excluding hydrogens is 270 g/mol. The molecule has 6 heteroatoms. The van der Waals surface area contributed by atoms with Gasteiger partial charge in [0.15, 0.2) is 0 Å². The number of amides is 1. The first kappa shape index (κ1) is 15.7. The molecule has 1 aromatic rings. The highest BCUT2D eigenvalue weighted by molar-refractivity contribution is 5.77. The van der Waals surface area contributed by atoms with Crippen LogP contribution in [0.25, 0.3) is 0 Å². The maximum atomic E-state index is 11.9. The van der Waals surface area contributed by atoms with Crippen LogP contribution in [0.15, 0.2) is 6.07 Å². The summed E-state index contributed by atoms with van der Waals surface area (Å²) < 4.78 is 11.1. The second-order valence-electron chi connectivity index (χ2n) is 5.23. The Balaban J connectivity index is 1.82. The fourth-order valence-corrected chi connectivity index (χ4v) is 2.42. The lowest BCUT2D eigenvalue weighted by Gasteiger charge is -2.31. The molecule has 0 N–H and O–H groups in total. The first-order valence-corrected chi connectivity index (χ1v) is 7.43. The van der Waals surface area contributed by atoms with E-state index >= 15 is 0 Å². The number of ether oxygens (including phenoxy) is 2. The smallest absolute Gasteiger partial charge is 0.248 e. The van der Waals surface area contributed by atoms with Gasteiger partial charge in [0, 0.05) is 44.3 Å². The fourth-order valence-electron chi connectivity index (χ4n) is 2.42. The fraction of sp³-hybridized carbons (Fsp3) is 0.667. The minimum absolute atomic E-state index is 0.0593. The van der Waals surface area contributed by atoms with Crippen LogP contribution in [0.3, 0.4) is 0 Å². The van der Waals surface area contributed by atoms with Gasteiger partial charge in [-0.15, -0.1) is 0 Å². The van der Waals surface area contributed by atoms with Crippen molar-refractivity contribution in [2.45, 2.75) is 39.7 Å². The van der Waals surface area contributed by atoms with Crippen LogP contribution in [0, 0.1) is 13.8 Å². The number of hydrogen-bond donors (Lipinski definition) is 0. The van der Waals surface area contributed by atoms with Gasteiger partial charge >= 0.3 is 0 Å². The van der Waals surface area contributed by atoms with Crippen LogP contribution in [0.1, 0.15) is 31.3 Å². The number of hydrogen-bond acceptors (Lipinski definition) is 5. The Labute approximate surface area is 125 Å². The van der Waals surface area contributed by atoms with Gasteiger partial charge < -0.3 is 14.4 Å². The molecule has 1 aromatic heterocycles. The van der Waals surface area contributed by atoms with Gasteiger partial charge in [-0.1, -0.05) is 0 Å². The molecule has 0 saturated carbocycles. The Kier molecular flexibility index (Phi) is 5.50. The standard InChI is InChI=1S/C15H23N3O3/c1-4-20-10-15(19)18-7-5-13(6-8-18)21-14-9-11(2)16-12(3)17-14/h9,13H,4-8,10H2,1-3H3. The molecule has 0 radical (unpaired) electrons. The largest absolute Gasteiger partial charge is 0.474 e. The molecule has 2 heterocycles. The molecule has 6 nitrogen and oxygen atoms in total. The second-order valence-corrected chi connectivity index (χ2v) is 5.23. The van der Waals surface area contributed by atoms with Crippen LogP contribution < -0.4 is 4.74 Å². The van der Waals surface area contributed by atoms with Crippen molar-refractivity contribution >= 4 is 5.91 Å². The van der Waals surface area contributed by atoms with Crippen molar-refractivity contribution in [2.75, 3.05) is 26.3 Å². The Hall–Kier alpha value is -1.69. The monoisotopic (exact) mass is 293 g/mol. The third kappa shape index (κ3) is 4.67. The number of piperidine rings is 1. The molecule has 0 unspecified atom stereocenters. The Morgan fingerprint density at radius 3 is 2.67 bits per heavy atom. The normalized spacial score (nSPS) is 16.0. The topological polar surface area (TPSA) is 64.5 Å². The lowest BCUT2D eigenvalue weighted by atomic mass is 10.1. The van der Waals surface area contributed by atoms with E-state index < -0.39 is 0 Å². The molecule has 0 atom stereocenters. The highest BCUT2D eigenvalue weighted by Gasteiger charge is 2.24. The molecule has 116 valence electrons. The minimum atomic E-state index is 0.0593. The summed E-state index contributed by atoms with van der Waals surface area (Å²) in [5.74, 6) is 1.40. The summed E-state index contributed by atoms with van der Waals surface area (Å²) in [7, 11) is 0. The SMILES string of the molecule is CCOCC(=O)N1CCC(Oc2cc(C)nc(C)n2)CC1. The van der Waals surface area contributed by atoms with Gasteiger partial charge in [0.25, 0.3) is 0 Å². The van der Waals surface area contributed by atoms with Crippen molar-refractivity contribution in [3.8, 4) is 5.88 Å². The van der Waals surface area contributed by atoms with Crippen molar-refractivity contribution < 1.29 is 14.3 Å². The molecule has 1 fully saturated rings. The average molecular weight is 293 g/mol. The van der Waals surface area contributed by atoms with E-state index in [4.69, 9.17) is 9.47 Å². The summed E-state index contributed by atoms with van der Waals surface area (Å²) in [6, 6.07) is 1.85. The van der Waals surface area contributed by atoms with Crippen LogP contribution in [0.4, 0.5) is 0 Å². The van der Waals surface area contributed by atoms with Crippen LogP contribution >= 0.6 is 0 Å². The number of carbonyl (C=O) groups excluding carboxylic acids is 1. The maximum Gasteiger partial charge on any atom is 0.248 e. The summed E-state index contributed by atoms with van der Waals surface area (Å²) in [6.45, 7) is 7.83. The summed E-state index contributed by atoms with van der Waals surface area (Å²) in [6.07, 6.45) is 1.75. The Morgan fingerprint density at radius 1 is 1.33 bits per heavy atom. The Bertz CT molecular complexity index is 465. The lowest BCUT2D eigenvalue weighted by molar-refractivity contribution is -0.137. The van der Waals surface area contributed by atoms with Crippen LogP contribution in [-0.2, 0) is 9.53 Å². The van der Waals surface area contributed by atoms with E-state index in [0.717, 1.165) is 18.5 Å². The first-order valence-electron chi connectivity index (χ1n) is 7.43. The molecule has 1 aliphatic heterocycles. The van der Waals surface area contributed by atoms with Crippen LogP contribution in [-0.4, -0.2) is 53.2 Å². The second kappa shape index (κ2) is 7.36. The number of likely N-dealkylation sites (tertiary alicyclic amines) is 1. The molecule has 21 heavy (non-hydrogen) atoms. The van der Waals surface area contributed by atoms with E-state index in [1.165, 1.54) is 0 Å². The average Bonchev–Trinajstić information content (AvgIpc) is 2.44. The van der Waals surface area contributed by atoms with Crippen molar-refractivity contribution in [3.63, 3.8) is 0 Å². The van der Waals surface area contributed by atoms with Gasteiger partial charge in [-0.3, -0.25) is 4.79 Å². The molecule has 1 aliphatic rings. The molecule has 0 bridgehead atoms. The van der Waals surface area contributed by atoms with Gasteiger partial charge in [-0.05, 0) is 20.8 Å². The van der Waals surface area contributed by atoms with Crippen molar-refractivity contribution in [2.24, 2.45) is 0 Å². The van der Waals surface area contributed by atoms with Crippen molar-refractivity contribution in [1.29, 1.82) is 0 Å². The molecule has 0 aliphatic carbocycles. The molecule has 1 amide bonds. The van der Waals surface area contributed by atoms with Gasteiger partial charge in [0.05, 0.1) is 0 Å². The first-order chi connectivity index (χ1) is 10.1. The summed E-state index contributed by atoms with van der Waals surface area (Å²) in [4.78, 5) is 22.2. The molecule has 2 rings (SSSR count). The molecule has 0 aromatic carbocycles. The number of carbonyl (C=O) groups is 1. The summed E-state index contributed by atoms with van der Waals surface area (Å²) in [5.41, 5.74) is 0.904. The zero-order chi connectivity index (χ0) is 15.2.